The molecule has 2 heterocycles. The fourth-order valence-electron chi connectivity index (χ4n) is 3.00. The summed E-state index contributed by atoms with van der Waals surface area (Å²) in [6, 6.07) is 0.523. The van der Waals surface area contributed by atoms with E-state index in [1.54, 1.807) is 0 Å². The normalized spacial score (nSPS) is 26.7. The zero-order valence-electron chi connectivity index (χ0n) is 11.7. The minimum absolute atomic E-state index is 0.167. The Hall–Kier alpha value is -0.770. The van der Waals surface area contributed by atoms with Crippen molar-refractivity contribution in [3.8, 4) is 0 Å². The van der Waals surface area contributed by atoms with Crippen molar-refractivity contribution in [1.82, 2.24) is 15.1 Å². The Morgan fingerprint density at radius 3 is 2.50 bits per heavy atom. The van der Waals surface area contributed by atoms with Crippen LogP contribution in [0.5, 0.6) is 0 Å². The molecule has 2 aliphatic heterocycles. The Morgan fingerprint density at radius 2 is 1.83 bits per heavy atom. The van der Waals surface area contributed by atoms with Gasteiger partial charge in [-0.15, -0.1) is 0 Å². The molecule has 1 atom stereocenters. The Kier molecular flexibility index (Phi) is 5.29. The minimum Gasteiger partial charge on any atom is -0.334 e. The van der Waals surface area contributed by atoms with Gasteiger partial charge in [0.05, 0.1) is 0 Å². The first kappa shape index (κ1) is 13.7. The molecule has 0 aliphatic carbocycles. The van der Waals surface area contributed by atoms with Gasteiger partial charge in [-0.3, -0.25) is 0 Å². The van der Waals surface area contributed by atoms with Crippen LogP contribution in [0.15, 0.2) is 0 Å². The van der Waals surface area contributed by atoms with Crippen LogP contribution >= 0.6 is 0 Å². The molecule has 4 nitrogen and oxygen atoms in total. The van der Waals surface area contributed by atoms with E-state index in [9.17, 15) is 4.79 Å². The van der Waals surface area contributed by atoms with Crippen LogP contribution in [0.4, 0.5) is 4.79 Å². The van der Waals surface area contributed by atoms with E-state index in [1.165, 1.54) is 38.6 Å². The molecule has 1 N–H and O–H groups in total. The number of nitrogens with one attached hydrogen (secondary N) is 1. The molecule has 0 aromatic carbocycles. The third-order valence-electron chi connectivity index (χ3n) is 4.17. The second-order valence-electron chi connectivity index (χ2n) is 5.58. The molecule has 2 rings (SSSR count). The van der Waals surface area contributed by atoms with Gasteiger partial charge in [0.1, 0.15) is 0 Å². The quantitative estimate of drug-likeness (QED) is 0.817. The van der Waals surface area contributed by atoms with Gasteiger partial charge in [0, 0.05) is 25.7 Å². The largest absolute Gasteiger partial charge is 0.334 e. The Morgan fingerprint density at radius 1 is 1.11 bits per heavy atom. The van der Waals surface area contributed by atoms with Gasteiger partial charge >= 0.3 is 6.03 Å². The zero-order chi connectivity index (χ0) is 12.8. The van der Waals surface area contributed by atoms with Crippen LogP contribution < -0.4 is 5.32 Å². The standard InChI is InChI=1S/C14H27N3O/c1-2-16-9-7-8-13(12-16)15-14(18)17-10-5-3-4-6-11-17/h13H,2-12H2,1H3,(H,15,18). The number of hydrogen-bond acceptors (Lipinski definition) is 2. The first-order valence-electron chi connectivity index (χ1n) is 7.57. The number of carbonyl (C=O) groups excluding carboxylic acids is 1. The molecule has 104 valence electrons. The lowest BCUT2D eigenvalue weighted by molar-refractivity contribution is 0.171. The number of likely N-dealkylation sites (tertiary alicyclic amines) is 2. The molecule has 0 radical (unpaired) electrons. The van der Waals surface area contributed by atoms with Gasteiger partial charge in [0.15, 0.2) is 0 Å². The molecule has 4 heteroatoms. The highest BCUT2D eigenvalue weighted by Crippen LogP contribution is 2.12. The van der Waals surface area contributed by atoms with Gasteiger partial charge in [0.25, 0.3) is 0 Å². The molecule has 0 aromatic rings. The van der Waals surface area contributed by atoms with Crippen LogP contribution in [0.1, 0.15) is 45.4 Å². The fraction of sp³-hybridized carbons (Fsp3) is 0.929. The van der Waals surface area contributed by atoms with E-state index in [1.807, 2.05) is 4.90 Å². The first-order chi connectivity index (χ1) is 8.79. The van der Waals surface area contributed by atoms with E-state index in [-0.39, 0.29) is 6.03 Å². The smallest absolute Gasteiger partial charge is 0.317 e. The molecule has 2 saturated heterocycles. The zero-order valence-corrected chi connectivity index (χ0v) is 11.7. The van der Waals surface area contributed by atoms with Crippen molar-refractivity contribution in [3.63, 3.8) is 0 Å². The molecular weight excluding hydrogens is 226 g/mol. The Balaban J connectivity index is 1.78. The predicted molar refractivity (Wildman–Crippen MR) is 73.7 cm³/mol. The average molecular weight is 253 g/mol. The van der Waals surface area contributed by atoms with E-state index >= 15 is 0 Å². The monoisotopic (exact) mass is 253 g/mol. The number of likely N-dealkylation sites (N-methyl/N-ethyl adjacent to an activating group) is 1. The van der Waals surface area contributed by atoms with Crippen LogP contribution in [0.2, 0.25) is 0 Å². The molecule has 0 spiro atoms. The van der Waals surface area contributed by atoms with Gasteiger partial charge in [0.2, 0.25) is 0 Å². The fourth-order valence-corrected chi connectivity index (χ4v) is 3.00. The Bertz CT molecular complexity index is 262. The van der Waals surface area contributed by atoms with Gasteiger partial charge in [-0.25, -0.2) is 4.79 Å². The summed E-state index contributed by atoms with van der Waals surface area (Å²) < 4.78 is 0. The third-order valence-corrected chi connectivity index (χ3v) is 4.17. The third kappa shape index (κ3) is 3.87. The number of nitrogens with zero attached hydrogens (tertiary/aromatic N) is 2. The highest BCUT2D eigenvalue weighted by molar-refractivity contribution is 5.74. The topological polar surface area (TPSA) is 35.6 Å². The number of piperidine rings is 1. The van der Waals surface area contributed by atoms with Crippen molar-refractivity contribution in [1.29, 1.82) is 0 Å². The molecular formula is C14H27N3O. The SMILES string of the molecule is CCN1CCCC(NC(=O)N2CCCCCC2)C1. The lowest BCUT2D eigenvalue weighted by atomic mass is 10.1. The molecule has 2 fully saturated rings. The number of rotatable bonds is 2. The molecule has 0 aromatic heterocycles. The summed E-state index contributed by atoms with van der Waals surface area (Å²) in [6.45, 7) is 7.38. The lowest BCUT2D eigenvalue weighted by Gasteiger charge is -2.33. The average Bonchev–Trinajstić information content (AvgIpc) is 2.68. The molecule has 2 amide bonds. The maximum atomic E-state index is 12.2. The highest BCUT2D eigenvalue weighted by Gasteiger charge is 2.23. The van der Waals surface area contributed by atoms with E-state index in [4.69, 9.17) is 0 Å². The van der Waals surface area contributed by atoms with Crippen molar-refractivity contribution in [3.05, 3.63) is 0 Å². The van der Waals surface area contributed by atoms with E-state index in [2.05, 4.69) is 17.1 Å². The van der Waals surface area contributed by atoms with Crippen LogP contribution in [0.25, 0.3) is 0 Å². The number of carbonyl (C=O) groups is 1. The summed E-state index contributed by atoms with van der Waals surface area (Å²) in [5, 5.41) is 3.23. The maximum absolute atomic E-state index is 12.2. The van der Waals surface area contributed by atoms with Crippen molar-refractivity contribution in [2.45, 2.75) is 51.5 Å². The van der Waals surface area contributed by atoms with Crippen LogP contribution in [-0.4, -0.2) is 54.6 Å². The van der Waals surface area contributed by atoms with E-state index in [0.29, 0.717) is 6.04 Å². The second-order valence-corrected chi connectivity index (χ2v) is 5.58. The summed E-state index contributed by atoms with van der Waals surface area (Å²) in [4.78, 5) is 16.6. The van der Waals surface area contributed by atoms with Crippen molar-refractivity contribution in [2.75, 3.05) is 32.7 Å². The van der Waals surface area contributed by atoms with Gasteiger partial charge in [-0.1, -0.05) is 19.8 Å². The summed E-state index contributed by atoms with van der Waals surface area (Å²) in [5.74, 6) is 0. The summed E-state index contributed by atoms with van der Waals surface area (Å²) >= 11 is 0. The van der Waals surface area contributed by atoms with E-state index < -0.39 is 0 Å². The summed E-state index contributed by atoms with van der Waals surface area (Å²) in [6.07, 6.45) is 7.22. The van der Waals surface area contributed by atoms with E-state index in [0.717, 1.165) is 32.6 Å². The van der Waals surface area contributed by atoms with Crippen molar-refractivity contribution in [2.24, 2.45) is 0 Å². The van der Waals surface area contributed by atoms with Crippen LogP contribution in [-0.2, 0) is 0 Å². The number of amides is 2. The van der Waals surface area contributed by atoms with Crippen LogP contribution in [0.3, 0.4) is 0 Å². The van der Waals surface area contributed by atoms with Crippen molar-refractivity contribution >= 4 is 6.03 Å². The first-order valence-corrected chi connectivity index (χ1v) is 7.57. The summed E-state index contributed by atoms with van der Waals surface area (Å²) in [5.41, 5.74) is 0. The molecule has 0 saturated carbocycles. The minimum atomic E-state index is 0.167. The molecule has 0 bridgehead atoms. The molecule has 2 aliphatic rings. The number of hydrogen-bond donors (Lipinski definition) is 1. The maximum Gasteiger partial charge on any atom is 0.317 e. The van der Waals surface area contributed by atoms with Crippen LogP contribution in [0, 0.1) is 0 Å². The molecule has 1 unspecified atom stereocenters. The van der Waals surface area contributed by atoms with Gasteiger partial charge < -0.3 is 15.1 Å². The highest BCUT2D eigenvalue weighted by atomic mass is 16.2. The predicted octanol–water partition coefficient (Wildman–Crippen LogP) is 2.06. The van der Waals surface area contributed by atoms with Crippen molar-refractivity contribution < 1.29 is 4.79 Å². The summed E-state index contributed by atoms with van der Waals surface area (Å²) in [7, 11) is 0. The molecule has 18 heavy (non-hydrogen) atoms. The number of urea groups is 1. The van der Waals surface area contributed by atoms with Gasteiger partial charge in [-0.2, -0.15) is 0 Å². The Labute approximate surface area is 111 Å². The van der Waals surface area contributed by atoms with Gasteiger partial charge in [-0.05, 0) is 38.8 Å². The second kappa shape index (κ2) is 6.98. The lowest BCUT2D eigenvalue weighted by Crippen LogP contribution is -2.51.